The topological polar surface area (TPSA) is 102 Å². The minimum Gasteiger partial charge on any atom is -0.550 e. The van der Waals surface area contributed by atoms with Gasteiger partial charge in [0.1, 0.15) is 11.8 Å². The van der Waals surface area contributed by atoms with Crippen LogP contribution in [0.2, 0.25) is 0 Å². The number of nitrogens with one attached hydrogen (secondary N) is 1. The van der Waals surface area contributed by atoms with Crippen molar-refractivity contribution in [1.29, 1.82) is 5.26 Å². The Hall–Kier alpha value is -2.33. The quantitative estimate of drug-likeness (QED) is 0.579. The van der Waals surface area contributed by atoms with Crippen molar-refractivity contribution in [2.75, 3.05) is 11.9 Å². The maximum atomic E-state index is 12.1. The Bertz CT molecular complexity index is 757. The molecule has 26 heavy (non-hydrogen) atoms. The first-order valence-corrected chi connectivity index (χ1v) is 7.73. The maximum absolute atomic E-state index is 12.1. The van der Waals surface area contributed by atoms with Crippen LogP contribution in [0.5, 0.6) is 5.75 Å². The number of anilines is 1. The zero-order chi connectivity index (χ0) is 18.1. The van der Waals surface area contributed by atoms with E-state index in [-0.39, 0.29) is 49.0 Å². The molecule has 0 aromatic heterocycles. The second-order valence-electron chi connectivity index (χ2n) is 5.43. The van der Waals surface area contributed by atoms with Crippen LogP contribution in [0, 0.1) is 17.2 Å². The van der Waals surface area contributed by atoms with Gasteiger partial charge >= 0.3 is 29.6 Å². The predicted molar refractivity (Wildman–Crippen MR) is 89.4 cm³/mol. The van der Waals surface area contributed by atoms with E-state index in [0.717, 1.165) is 5.56 Å². The average molecular weight is 360 g/mol. The number of nitrogens with zero attached hydrogens (tertiary/aromatic N) is 1. The van der Waals surface area contributed by atoms with Crippen molar-refractivity contribution in [3.63, 3.8) is 0 Å². The van der Waals surface area contributed by atoms with Gasteiger partial charge in [0.05, 0.1) is 0 Å². The molecule has 0 bridgehead atoms. The fourth-order valence-corrected chi connectivity index (χ4v) is 2.32. The molecule has 0 heterocycles. The Labute approximate surface area is 174 Å². The number of ether oxygens (including phenoxy) is 1. The van der Waals surface area contributed by atoms with Gasteiger partial charge in [-0.1, -0.05) is 30.3 Å². The molecule has 0 fully saturated rings. The number of carbonyl (C=O) groups is 2. The van der Waals surface area contributed by atoms with E-state index in [0.29, 0.717) is 11.4 Å². The summed E-state index contributed by atoms with van der Waals surface area (Å²) in [5.74, 6) is -2.05. The molecule has 128 valence electrons. The smallest absolute Gasteiger partial charge is 0.550 e. The number of aliphatic carboxylic acids is 1. The number of carbonyl (C=O) groups excluding carboxylic acids is 2. The van der Waals surface area contributed by atoms with Gasteiger partial charge in [-0.05, 0) is 36.2 Å². The van der Waals surface area contributed by atoms with Crippen LogP contribution in [0.4, 0.5) is 5.69 Å². The molecular formula is C19H17N2NaO4. The Morgan fingerprint density at radius 3 is 2.35 bits per heavy atom. The summed E-state index contributed by atoms with van der Waals surface area (Å²) in [6.45, 7) is -0.0571. The van der Waals surface area contributed by atoms with Gasteiger partial charge in [0.2, 0.25) is 5.91 Å². The maximum Gasteiger partial charge on any atom is 1.00 e. The zero-order valence-electron chi connectivity index (χ0n) is 14.5. The molecule has 0 aliphatic carbocycles. The van der Waals surface area contributed by atoms with Gasteiger partial charge in [-0.2, -0.15) is 5.26 Å². The van der Waals surface area contributed by atoms with Gasteiger partial charge in [-0.25, -0.2) is 0 Å². The van der Waals surface area contributed by atoms with Crippen LogP contribution in [-0.2, 0) is 16.0 Å². The molecule has 0 spiro atoms. The first-order valence-electron chi connectivity index (χ1n) is 7.73. The van der Waals surface area contributed by atoms with E-state index in [4.69, 9.17) is 10.00 Å². The van der Waals surface area contributed by atoms with Crippen molar-refractivity contribution < 1.29 is 49.0 Å². The van der Waals surface area contributed by atoms with Gasteiger partial charge in [0, 0.05) is 24.0 Å². The SMILES string of the molecule is N#CCOc1ccc(NC(=O)CC(Cc2ccccc2)C(=O)[O-])cc1.[Na+]. The number of carboxylic acid groups (broad SMARTS) is 1. The van der Waals surface area contributed by atoms with Crippen LogP contribution < -0.4 is 44.7 Å². The van der Waals surface area contributed by atoms with E-state index in [9.17, 15) is 14.7 Å². The molecule has 6 nitrogen and oxygen atoms in total. The second-order valence-corrected chi connectivity index (χ2v) is 5.43. The van der Waals surface area contributed by atoms with Crippen LogP contribution >= 0.6 is 0 Å². The minimum atomic E-state index is -1.25. The van der Waals surface area contributed by atoms with Gasteiger partial charge in [0.25, 0.3) is 0 Å². The predicted octanol–water partition coefficient (Wildman–Crippen LogP) is -1.47. The van der Waals surface area contributed by atoms with E-state index < -0.39 is 17.8 Å². The molecule has 7 heteroatoms. The number of benzene rings is 2. The number of amides is 1. The number of rotatable bonds is 8. The largest absolute Gasteiger partial charge is 1.00 e. The van der Waals surface area contributed by atoms with Crippen LogP contribution in [0.3, 0.4) is 0 Å². The summed E-state index contributed by atoms with van der Waals surface area (Å²) in [7, 11) is 0. The van der Waals surface area contributed by atoms with Gasteiger partial charge in [-0.3, -0.25) is 4.79 Å². The number of carboxylic acids is 1. The molecular weight excluding hydrogens is 343 g/mol. The van der Waals surface area contributed by atoms with Crippen molar-refractivity contribution in [3.8, 4) is 11.8 Å². The van der Waals surface area contributed by atoms with Crippen molar-refractivity contribution in [1.82, 2.24) is 0 Å². The fraction of sp³-hybridized carbons (Fsp3) is 0.211. The average Bonchev–Trinajstić information content (AvgIpc) is 2.61. The van der Waals surface area contributed by atoms with Crippen LogP contribution in [0.1, 0.15) is 12.0 Å². The number of hydrogen-bond donors (Lipinski definition) is 1. The van der Waals surface area contributed by atoms with Gasteiger partial charge < -0.3 is 20.0 Å². The standard InChI is InChI=1S/C19H18N2O4.Na/c20-10-11-25-17-8-6-16(7-9-17)21-18(22)13-15(19(23)24)12-14-4-2-1-3-5-14;/h1-9,15H,11-13H2,(H,21,22)(H,23,24);/q;+1/p-1. The number of nitriles is 1. The summed E-state index contributed by atoms with van der Waals surface area (Å²) < 4.78 is 5.12. The molecule has 0 aliphatic heterocycles. The van der Waals surface area contributed by atoms with E-state index in [1.54, 1.807) is 24.3 Å². The van der Waals surface area contributed by atoms with Crippen LogP contribution in [0.25, 0.3) is 0 Å². The van der Waals surface area contributed by atoms with Crippen molar-refractivity contribution in [3.05, 3.63) is 60.2 Å². The third kappa shape index (κ3) is 7.28. The molecule has 2 rings (SSSR count). The Morgan fingerprint density at radius 1 is 1.12 bits per heavy atom. The van der Waals surface area contributed by atoms with Crippen LogP contribution in [-0.4, -0.2) is 18.5 Å². The Morgan fingerprint density at radius 2 is 1.77 bits per heavy atom. The molecule has 1 atom stereocenters. The molecule has 2 aromatic carbocycles. The van der Waals surface area contributed by atoms with E-state index in [1.807, 2.05) is 36.4 Å². The zero-order valence-corrected chi connectivity index (χ0v) is 16.5. The monoisotopic (exact) mass is 360 g/mol. The molecule has 0 saturated heterocycles. The van der Waals surface area contributed by atoms with Gasteiger partial charge in [-0.15, -0.1) is 0 Å². The first-order chi connectivity index (χ1) is 12.1. The molecule has 1 unspecified atom stereocenters. The Balaban J connectivity index is 0.00000338. The summed E-state index contributed by atoms with van der Waals surface area (Å²) in [6.07, 6.45) is 0.0570. The van der Waals surface area contributed by atoms with Gasteiger partial charge in [0.15, 0.2) is 6.61 Å². The molecule has 2 aromatic rings. The number of hydrogen-bond acceptors (Lipinski definition) is 5. The summed E-state index contributed by atoms with van der Waals surface area (Å²) in [6, 6.07) is 17.4. The van der Waals surface area contributed by atoms with E-state index in [1.165, 1.54) is 0 Å². The fourth-order valence-electron chi connectivity index (χ4n) is 2.32. The third-order valence-corrected chi connectivity index (χ3v) is 3.53. The Kier molecular flexibility index (Phi) is 9.45. The molecule has 1 amide bonds. The summed E-state index contributed by atoms with van der Waals surface area (Å²) >= 11 is 0. The molecule has 0 saturated carbocycles. The summed E-state index contributed by atoms with van der Waals surface area (Å²) in [4.78, 5) is 23.4. The van der Waals surface area contributed by atoms with Crippen molar-refractivity contribution >= 4 is 17.6 Å². The minimum absolute atomic E-state index is 0. The molecule has 0 aliphatic rings. The second kappa shape index (κ2) is 11.3. The molecule has 0 radical (unpaired) electrons. The summed E-state index contributed by atoms with van der Waals surface area (Å²) in [5, 5.41) is 22.4. The first kappa shape index (κ1) is 21.7. The van der Waals surface area contributed by atoms with E-state index >= 15 is 0 Å². The van der Waals surface area contributed by atoms with E-state index in [2.05, 4.69) is 5.32 Å². The van der Waals surface area contributed by atoms with Crippen molar-refractivity contribution in [2.24, 2.45) is 5.92 Å². The third-order valence-electron chi connectivity index (χ3n) is 3.53. The molecule has 1 N–H and O–H groups in total. The summed E-state index contributed by atoms with van der Waals surface area (Å²) in [5.41, 5.74) is 1.36. The van der Waals surface area contributed by atoms with Crippen LogP contribution in [0.15, 0.2) is 54.6 Å². The normalized spacial score (nSPS) is 10.7. The van der Waals surface area contributed by atoms with Crippen molar-refractivity contribution in [2.45, 2.75) is 12.8 Å².